The van der Waals surface area contributed by atoms with Gasteiger partial charge in [-0.25, -0.2) is 4.98 Å². The van der Waals surface area contributed by atoms with Crippen molar-refractivity contribution in [3.05, 3.63) is 48.5 Å². The van der Waals surface area contributed by atoms with Gasteiger partial charge in [-0.1, -0.05) is 12.1 Å². The summed E-state index contributed by atoms with van der Waals surface area (Å²) in [5.41, 5.74) is 1.18. The molecule has 0 unspecified atom stereocenters. The number of benzene rings is 1. The molecule has 19 heavy (non-hydrogen) atoms. The second kappa shape index (κ2) is 5.45. The second-order valence-electron chi connectivity index (χ2n) is 5.20. The maximum Gasteiger partial charge on any atom is 0.115 e. The Hall–Kier alpha value is -1.81. The third kappa shape index (κ3) is 2.96. The molecule has 0 spiro atoms. The van der Waals surface area contributed by atoms with Crippen LogP contribution in [0.2, 0.25) is 0 Å². The van der Waals surface area contributed by atoms with Gasteiger partial charge in [-0.15, -0.1) is 0 Å². The third-order valence-electron chi connectivity index (χ3n) is 3.78. The van der Waals surface area contributed by atoms with Crippen molar-refractivity contribution in [2.75, 3.05) is 6.54 Å². The summed E-state index contributed by atoms with van der Waals surface area (Å²) in [6.45, 7) is 3.04. The molecule has 0 aliphatic carbocycles. The lowest BCUT2D eigenvalue weighted by molar-refractivity contribution is 0.224. The van der Waals surface area contributed by atoms with Crippen LogP contribution in [0.15, 0.2) is 43.0 Å². The van der Waals surface area contributed by atoms with Crippen molar-refractivity contribution in [2.45, 2.75) is 32.0 Å². The van der Waals surface area contributed by atoms with Crippen molar-refractivity contribution in [1.82, 2.24) is 14.5 Å². The maximum atomic E-state index is 9.53. The fraction of sp³-hybridized carbons (Fsp3) is 0.400. The van der Waals surface area contributed by atoms with Gasteiger partial charge in [0.15, 0.2) is 0 Å². The topological polar surface area (TPSA) is 41.3 Å². The number of imidazole rings is 1. The smallest absolute Gasteiger partial charge is 0.115 e. The molecule has 1 saturated heterocycles. The molecule has 4 heteroatoms. The highest BCUT2D eigenvalue weighted by Crippen LogP contribution is 2.22. The molecule has 1 fully saturated rings. The molecule has 1 aromatic heterocycles. The lowest BCUT2D eigenvalue weighted by atomic mass is 10.1. The molecule has 4 nitrogen and oxygen atoms in total. The highest BCUT2D eigenvalue weighted by molar-refractivity contribution is 5.27. The normalized spacial score (nSPS) is 19.9. The standard InChI is InChI=1S/C15H19N3O/c19-15-5-1-3-13(9-15)10-18-7-2-4-14(18)11-17-8-6-16-12-17/h1,3,5-6,8-9,12,14,19H,2,4,7,10-11H2/t14-/m1/s1. The van der Waals surface area contributed by atoms with E-state index < -0.39 is 0 Å². The first-order valence-electron chi connectivity index (χ1n) is 6.79. The van der Waals surface area contributed by atoms with Crippen LogP contribution < -0.4 is 0 Å². The molecule has 1 atom stereocenters. The Morgan fingerprint density at radius 3 is 3.11 bits per heavy atom. The number of phenols is 1. The summed E-state index contributed by atoms with van der Waals surface area (Å²) in [4.78, 5) is 6.59. The first-order chi connectivity index (χ1) is 9.31. The predicted molar refractivity (Wildman–Crippen MR) is 73.8 cm³/mol. The third-order valence-corrected chi connectivity index (χ3v) is 3.78. The first kappa shape index (κ1) is 12.2. The molecule has 1 N–H and O–H groups in total. The number of rotatable bonds is 4. The van der Waals surface area contributed by atoms with Crippen LogP contribution in [0.4, 0.5) is 0 Å². The Balaban J connectivity index is 1.66. The van der Waals surface area contributed by atoms with Crippen molar-refractivity contribution < 1.29 is 5.11 Å². The van der Waals surface area contributed by atoms with Crippen molar-refractivity contribution in [2.24, 2.45) is 0 Å². The van der Waals surface area contributed by atoms with Crippen LogP contribution in [-0.4, -0.2) is 32.1 Å². The molecule has 0 radical (unpaired) electrons. The highest BCUT2D eigenvalue weighted by atomic mass is 16.3. The van der Waals surface area contributed by atoms with Crippen LogP contribution >= 0.6 is 0 Å². The van der Waals surface area contributed by atoms with Crippen LogP contribution in [0.1, 0.15) is 18.4 Å². The molecule has 1 aromatic carbocycles. The van der Waals surface area contributed by atoms with E-state index in [-0.39, 0.29) is 0 Å². The quantitative estimate of drug-likeness (QED) is 0.913. The van der Waals surface area contributed by atoms with Gasteiger partial charge in [-0.05, 0) is 37.1 Å². The first-order valence-corrected chi connectivity index (χ1v) is 6.79. The monoisotopic (exact) mass is 257 g/mol. The fourth-order valence-corrected chi connectivity index (χ4v) is 2.84. The lowest BCUT2D eigenvalue weighted by Gasteiger charge is -2.24. The van der Waals surface area contributed by atoms with Crippen LogP contribution in [0.3, 0.4) is 0 Å². The number of phenolic OH excluding ortho intramolecular Hbond substituents is 1. The van der Waals surface area contributed by atoms with E-state index in [4.69, 9.17) is 0 Å². The van der Waals surface area contributed by atoms with E-state index >= 15 is 0 Å². The Morgan fingerprint density at radius 1 is 1.37 bits per heavy atom. The molecule has 3 rings (SSSR count). The molecule has 0 bridgehead atoms. The van der Waals surface area contributed by atoms with Crippen LogP contribution in [0, 0.1) is 0 Å². The summed E-state index contributed by atoms with van der Waals surface area (Å²) < 4.78 is 2.14. The molecule has 0 saturated carbocycles. The van der Waals surface area contributed by atoms with Gasteiger partial charge in [0.2, 0.25) is 0 Å². The Bertz CT molecular complexity index is 524. The van der Waals surface area contributed by atoms with Crippen molar-refractivity contribution in [1.29, 1.82) is 0 Å². The molecule has 1 aliphatic heterocycles. The molecule has 100 valence electrons. The molecule has 1 aliphatic rings. The molecule has 2 aromatic rings. The number of aromatic hydroxyl groups is 1. The van der Waals surface area contributed by atoms with E-state index in [1.807, 2.05) is 30.9 Å². The number of aromatic nitrogens is 2. The Kier molecular flexibility index (Phi) is 3.51. The Morgan fingerprint density at radius 2 is 2.32 bits per heavy atom. The molecular weight excluding hydrogens is 238 g/mol. The van der Waals surface area contributed by atoms with Crippen LogP contribution in [0.25, 0.3) is 0 Å². The van der Waals surface area contributed by atoms with Crippen molar-refractivity contribution in [3.63, 3.8) is 0 Å². The largest absolute Gasteiger partial charge is 0.508 e. The second-order valence-corrected chi connectivity index (χ2v) is 5.20. The minimum absolute atomic E-state index is 0.350. The van der Waals surface area contributed by atoms with E-state index in [0.717, 1.165) is 19.6 Å². The summed E-state index contributed by atoms with van der Waals surface area (Å²) in [6, 6.07) is 8.12. The van der Waals surface area contributed by atoms with Gasteiger partial charge in [0.1, 0.15) is 5.75 Å². The zero-order chi connectivity index (χ0) is 13.1. The van der Waals surface area contributed by atoms with E-state index in [1.54, 1.807) is 6.07 Å². The summed E-state index contributed by atoms with van der Waals surface area (Å²) in [7, 11) is 0. The minimum atomic E-state index is 0.350. The number of hydrogen-bond acceptors (Lipinski definition) is 3. The summed E-state index contributed by atoms with van der Waals surface area (Å²) >= 11 is 0. The Labute approximate surface area is 113 Å². The van der Waals surface area contributed by atoms with Crippen molar-refractivity contribution in [3.8, 4) is 5.75 Å². The number of nitrogens with zero attached hydrogens (tertiary/aromatic N) is 3. The molecule has 0 amide bonds. The summed E-state index contributed by atoms with van der Waals surface area (Å²) in [5, 5.41) is 9.53. The molecule has 2 heterocycles. The van der Waals surface area contributed by atoms with Gasteiger partial charge in [-0.3, -0.25) is 4.90 Å². The zero-order valence-electron chi connectivity index (χ0n) is 10.9. The van der Waals surface area contributed by atoms with Gasteiger partial charge < -0.3 is 9.67 Å². The van der Waals surface area contributed by atoms with Gasteiger partial charge in [0.05, 0.1) is 6.33 Å². The summed E-state index contributed by atoms with van der Waals surface area (Å²) in [6.07, 6.45) is 8.21. The maximum absolute atomic E-state index is 9.53. The van der Waals surface area contributed by atoms with Gasteiger partial charge in [0, 0.05) is 31.5 Å². The van der Waals surface area contributed by atoms with Crippen molar-refractivity contribution >= 4 is 0 Å². The predicted octanol–water partition coefficient (Wildman–Crippen LogP) is 2.25. The fourth-order valence-electron chi connectivity index (χ4n) is 2.84. The molecular formula is C15H19N3O. The van der Waals surface area contributed by atoms with Crippen LogP contribution in [0.5, 0.6) is 5.75 Å². The van der Waals surface area contributed by atoms with Gasteiger partial charge >= 0.3 is 0 Å². The number of likely N-dealkylation sites (tertiary alicyclic amines) is 1. The van der Waals surface area contributed by atoms with Gasteiger partial charge in [0.25, 0.3) is 0 Å². The van der Waals surface area contributed by atoms with Crippen LogP contribution in [-0.2, 0) is 13.1 Å². The average molecular weight is 257 g/mol. The highest BCUT2D eigenvalue weighted by Gasteiger charge is 2.24. The zero-order valence-corrected chi connectivity index (χ0v) is 10.9. The SMILES string of the molecule is Oc1cccc(CN2CCC[C@@H]2Cn2ccnc2)c1. The van der Waals surface area contributed by atoms with E-state index in [9.17, 15) is 5.11 Å². The van der Waals surface area contributed by atoms with E-state index in [1.165, 1.54) is 18.4 Å². The minimum Gasteiger partial charge on any atom is -0.508 e. The van der Waals surface area contributed by atoms with Gasteiger partial charge in [-0.2, -0.15) is 0 Å². The lowest BCUT2D eigenvalue weighted by Crippen LogP contribution is -2.32. The van der Waals surface area contributed by atoms with E-state index in [2.05, 4.69) is 20.5 Å². The summed E-state index contributed by atoms with van der Waals surface area (Å²) in [5.74, 6) is 0.350. The number of hydrogen-bond donors (Lipinski definition) is 1. The average Bonchev–Trinajstić information content (AvgIpc) is 3.03. The van der Waals surface area contributed by atoms with E-state index in [0.29, 0.717) is 11.8 Å².